The quantitative estimate of drug-likeness (QED) is 0.833. The second-order valence-electron chi connectivity index (χ2n) is 5.70. The molecule has 0 aliphatic carbocycles. The highest BCUT2D eigenvalue weighted by atomic mass is 32.2. The zero-order valence-corrected chi connectivity index (χ0v) is 14.7. The van der Waals surface area contributed by atoms with Crippen molar-refractivity contribution >= 4 is 15.9 Å². The normalized spacial score (nSPS) is 11.5. The summed E-state index contributed by atoms with van der Waals surface area (Å²) in [6.45, 7) is 0.403. The van der Waals surface area contributed by atoms with Crippen LogP contribution < -0.4 is 5.32 Å². The van der Waals surface area contributed by atoms with Gasteiger partial charge in [0.2, 0.25) is 15.9 Å². The Morgan fingerprint density at radius 1 is 1.00 bits per heavy atom. The Hall–Kier alpha value is -2.18. The van der Waals surface area contributed by atoms with Gasteiger partial charge in [0.25, 0.3) is 0 Å². The number of sulfonamides is 1. The molecular formula is C18H22N2O3S. The van der Waals surface area contributed by atoms with Crippen molar-refractivity contribution in [2.24, 2.45) is 0 Å². The van der Waals surface area contributed by atoms with Crippen molar-refractivity contribution in [3.05, 3.63) is 60.2 Å². The van der Waals surface area contributed by atoms with E-state index < -0.39 is 21.7 Å². The minimum absolute atomic E-state index is 0.403. The molecule has 2 aromatic carbocycles. The lowest BCUT2D eigenvalue weighted by atomic mass is 10.0. The van der Waals surface area contributed by atoms with E-state index in [-0.39, 0.29) is 0 Å². The number of hydrogen-bond acceptors (Lipinski definition) is 3. The van der Waals surface area contributed by atoms with Crippen LogP contribution >= 0.6 is 0 Å². The maximum absolute atomic E-state index is 11.7. The van der Waals surface area contributed by atoms with Gasteiger partial charge in [0.1, 0.15) is 5.75 Å². The molecule has 1 amide bonds. The lowest BCUT2D eigenvalue weighted by molar-refractivity contribution is -0.118. The van der Waals surface area contributed by atoms with Gasteiger partial charge in [0.15, 0.2) is 0 Å². The topological polar surface area (TPSA) is 66.5 Å². The van der Waals surface area contributed by atoms with Gasteiger partial charge < -0.3 is 5.32 Å². The first-order valence-electron chi connectivity index (χ1n) is 7.70. The molecule has 1 N–H and O–H groups in total. The van der Waals surface area contributed by atoms with E-state index in [2.05, 4.69) is 11.4 Å². The highest BCUT2D eigenvalue weighted by molar-refractivity contribution is 7.89. The maximum Gasteiger partial charge on any atom is 0.236 e. The summed E-state index contributed by atoms with van der Waals surface area (Å²) in [6, 6.07) is 18.2. The van der Waals surface area contributed by atoms with Gasteiger partial charge in [-0.3, -0.25) is 4.79 Å². The van der Waals surface area contributed by atoms with E-state index in [0.717, 1.165) is 21.0 Å². The van der Waals surface area contributed by atoms with Gasteiger partial charge in [0, 0.05) is 20.6 Å². The summed E-state index contributed by atoms with van der Waals surface area (Å²) in [6.07, 6.45) is 0.647. The van der Waals surface area contributed by atoms with Crippen LogP contribution in [0.3, 0.4) is 0 Å². The Morgan fingerprint density at radius 3 is 2.33 bits per heavy atom. The van der Waals surface area contributed by atoms with E-state index in [4.69, 9.17) is 0 Å². The smallest absolute Gasteiger partial charge is 0.236 e. The lowest BCUT2D eigenvalue weighted by Gasteiger charge is -2.11. The van der Waals surface area contributed by atoms with Gasteiger partial charge in [0.05, 0.1) is 0 Å². The van der Waals surface area contributed by atoms with Crippen molar-refractivity contribution in [2.75, 3.05) is 26.4 Å². The van der Waals surface area contributed by atoms with E-state index in [1.54, 1.807) is 0 Å². The Morgan fingerprint density at radius 2 is 1.67 bits per heavy atom. The Balaban J connectivity index is 1.90. The fourth-order valence-corrected chi connectivity index (χ4v) is 2.92. The van der Waals surface area contributed by atoms with Crippen molar-refractivity contribution in [3.63, 3.8) is 0 Å². The Kier molecular flexibility index (Phi) is 6.11. The summed E-state index contributed by atoms with van der Waals surface area (Å²) in [5.74, 6) is -1.01. The van der Waals surface area contributed by atoms with Crippen LogP contribution in [0.25, 0.3) is 11.1 Å². The molecule has 5 nitrogen and oxygen atoms in total. The molecule has 0 unspecified atom stereocenters. The molecule has 0 spiro atoms. The third-order valence-electron chi connectivity index (χ3n) is 3.64. The molecule has 6 heteroatoms. The molecule has 2 rings (SSSR count). The Bertz CT molecular complexity index is 787. The van der Waals surface area contributed by atoms with Crippen molar-refractivity contribution < 1.29 is 13.2 Å². The van der Waals surface area contributed by atoms with Crippen LogP contribution in [0.2, 0.25) is 0 Å². The van der Waals surface area contributed by atoms with Crippen LogP contribution in [0.5, 0.6) is 0 Å². The summed E-state index contributed by atoms with van der Waals surface area (Å²) in [7, 11) is -0.685. The van der Waals surface area contributed by atoms with Gasteiger partial charge in [-0.25, -0.2) is 12.7 Å². The number of carbonyl (C=O) groups is 1. The van der Waals surface area contributed by atoms with Gasteiger partial charge in [-0.1, -0.05) is 54.6 Å². The monoisotopic (exact) mass is 346 g/mol. The molecule has 0 saturated heterocycles. The third-order valence-corrected chi connectivity index (χ3v) is 5.38. The van der Waals surface area contributed by atoms with Gasteiger partial charge in [-0.15, -0.1) is 0 Å². The molecule has 2 aromatic rings. The molecule has 0 saturated carbocycles. The molecule has 128 valence electrons. The summed E-state index contributed by atoms with van der Waals surface area (Å²) in [5, 5.41) is 2.66. The fraction of sp³-hybridized carbons (Fsp3) is 0.278. The molecule has 0 heterocycles. The van der Waals surface area contributed by atoms with E-state index in [1.165, 1.54) is 14.1 Å². The minimum Gasteiger partial charge on any atom is -0.355 e. The standard InChI is InChI=1S/C18H22N2O3S/c1-20(2)24(22,23)14-18(21)19-12-11-15-7-6-10-17(13-15)16-8-4-3-5-9-16/h3-10,13H,11-12,14H2,1-2H3,(H,19,21). The summed E-state index contributed by atoms with van der Waals surface area (Å²) < 4.78 is 24.3. The number of rotatable bonds is 7. The maximum atomic E-state index is 11.7. The first-order valence-corrected chi connectivity index (χ1v) is 9.31. The zero-order chi connectivity index (χ0) is 17.6. The zero-order valence-electron chi connectivity index (χ0n) is 13.9. The van der Waals surface area contributed by atoms with Crippen LogP contribution in [0.15, 0.2) is 54.6 Å². The minimum atomic E-state index is -3.51. The van der Waals surface area contributed by atoms with Crippen LogP contribution in [-0.4, -0.2) is 45.0 Å². The van der Waals surface area contributed by atoms with Crippen molar-refractivity contribution in [1.29, 1.82) is 0 Å². The van der Waals surface area contributed by atoms with Crippen LogP contribution in [0.4, 0.5) is 0 Å². The highest BCUT2D eigenvalue weighted by Crippen LogP contribution is 2.20. The van der Waals surface area contributed by atoms with Crippen molar-refractivity contribution in [3.8, 4) is 11.1 Å². The lowest BCUT2D eigenvalue weighted by Crippen LogP contribution is -2.36. The summed E-state index contributed by atoms with van der Waals surface area (Å²) in [5.41, 5.74) is 3.35. The van der Waals surface area contributed by atoms with Gasteiger partial charge >= 0.3 is 0 Å². The largest absolute Gasteiger partial charge is 0.355 e. The molecule has 24 heavy (non-hydrogen) atoms. The second-order valence-corrected chi connectivity index (χ2v) is 7.89. The third kappa shape index (κ3) is 5.18. The first-order chi connectivity index (χ1) is 11.4. The molecule has 0 radical (unpaired) electrons. The molecule has 0 aromatic heterocycles. The van der Waals surface area contributed by atoms with Crippen LogP contribution in [-0.2, 0) is 21.2 Å². The molecule has 0 atom stereocenters. The SMILES string of the molecule is CN(C)S(=O)(=O)CC(=O)NCCc1cccc(-c2ccccc2)c1. The number of carbonyl (C=O) groups excluding carboxylic acids is 1. The van der Waals surface area contributed by atoms with Crippen molar-refractivity contribution in [2.45, 2.75) is 6.42 Å². The Labute approximate surface area is 143 Å². The van der Waals surface area contributed by atoms with E-state index in [1.807, 2.05) is 48.5 Å². The number of nitrogens with one attached hydrogen (secondary N) is 1. The number of benzene rings is 2. The molecule has 0 bridgehead atoms. The average molecular weight is 346 g/mol. The number of nitrogens with zero attached hydrogens (tertiary/aromatic N) is 1. The van der Waals surface area contributed by atoms with E-state index in [0.29, 0.717) is 13.0 Å². The van der Waals surface area contributed by atoms with Gasteiger partial charge in [-0.05, 0) is 23.1 Å². The first kappa shape index (κ1) is 18.2. The molecule has 0 aliphatic rings. The predicted octanol–water partition coefficient (Wildman–Crippen LogP) is 1.90. The predicted molar refractivity (Wildman–Crippen MR) is 96.1 cm³/mol. The van der Waals surface area contributed by atoms with Crippen molar-refractivity contribution in [1.82, 2.24) is 9.62 Å². The highest BCUT2D eigenvalue weighted by Gasteiger charge is 2.18. The van der Waals surface area contributed by atoms with Crippen LogP contribution in [0.1, 0.15) is 5.56 Å². The number of hydrogen-bond donors (Lipinski definition) is 1. The average Bonchev–Trinajstić information content (AvgIpc) is 2.55. The van der Waals surface area contributed by atoms with E-state index >= 15 is 0 Å². The van der Waals surface area contributed by atoms with E-state index in [9.17, 15) is 13.2 Å². The fourth-order valence-electron chi connectivity index (χ4n) is 2.23. The molecule has 0 aliphatic heterocycles. The molecule has 0 fully saturated rings. The van der Waals surface area contributed by atoms with Gasteiger partial charge in [-0.2, -0.15) is 0 Å². The molecular weight excluding hydrogens is 324 g/mol. The van der Waals surface area contributed by atoms with Crippen LogP contribution in [0, 0.1) is 0 Å². The second kappa shape index (κ2) is 8.08. The summed E-state index contributed by atoms with van der Waals surface area (Å²) >= 11 is 0. The number of amides is 1. The summed E-state index contributed by atoms with van der Waals surface area (Å²) in [4.78, 5) is 11.7.